The Morgan fingerprint density at radius 2 is 1.24 bits per heavy atom. The minimum absolute atomic E-state index is 0.149. The third-order valence-electron chi connectivity index (χ3n) is 5.30. The van der Waals surface area contributed by atoms with E-state index in [0.717, 1.165) is 0 Å². The van der Waals surface area contributed by atoms with E-state index in [1.165, 1.54) is 0 Å². The van der Waals surface area contributed by atoms with Crippen LogP contribution in [0, 0.1) is 23.7 Å². The van der Waals surface area contributed by atoms with E-state index in [0.29, 0.717) is 12.8 Å². The number of hydrogen-bond acceptors (Lipinski definition) is 6. The van der Waals surface area contributed by atoms with Gasteiger partial charge in [-0.1, -0.05) is 55.4 Å². The summed E-state index contributed by atoms with van der Waals surface area (Å²) in [5.41, 5.74) is 0. The molecule has 198 valence electrons. The van der Waals surface area contributed by atoms with Crippen LogP contribution in [0.5, 0.6) is 0 Å². The van der Waals surface area contributed by atoms with Crippen molar-refractivity contribution in [3.8, 4) is 0 Å². The number of carbonyl (C=O) groups excluding carboxylic acids is 4. The molecule has 0 aromatic rings. The minimum atomic E-state index is -1.12. The number of amides is 3. The van der Waals surface area contributed by atoms with Gasteiger partial charge in [-0.25, -0.2) is 0 Å². The fourth-order valence-corrected chi connectivity index (χ4v) is 3.54. The van der Waals surface area contributed by atoms with Crippen LogP contribution in [0.2, 0.25) is 0 Å². The van der Waals surface area contributed by atoms with Crippen molar-refractivity contribution in [3.63, 3.8) is 0 Å². The Labute approximate surface area is 205 Å². The number of aliphatic hydroxyl groups is 1. The van der Waals surface area contributed by atoms with Crippen molar-refractivity contribution in [2.24, 2.45) is 23.7 Å². The standard InChI is InChI=1S/C25H47N3O6/c1-10-34-21(31)13-19(29)18(11-14(2)3)26-24(32)23(17(8)9)28-25(33)22(16(6)7)27-20(30)12-15(4)5/h14-19,22-23,29H,10-13H2,1-9H3,(H,26,32)(H,27,30)(H,28,33)/t18-,19-,22-,23-/m1/s1. The average Bonchev–Trinajstić information content (AvgIpc) is 2.68. The van der Waals surface area contributed by atoms with Gasteiger partial charge in [-0.15, -0.1) is 0 Å². The fourth-order valence-electron chi connectivity index (χ4n) is 3.54. The predicted octanol–water partition coefficient (Wildman–Crippen LogP) is 2.16. The summed E-state index contributed by atoms with van der Waals surface area (Å²) >= 11 is 0. The Balaban J connectivity index is 5.46. The van der Waals surface area contributed by atoms with Crippen molar-refractivity contribution in [3.05, 3.63) is 0 Å². The smallest absolute Gasteiger partial charge is 0.308 e. The van der Waals surface area contributed by atoms with Gasteiger partial charge in [0.15, 0.2) is 0 Å². The first-order chi connectivity index (χ1) is 15.7. The first-order valence-corrected chi connectivity index (χ1v) is 12.4. The van der Waals surface area contributed by atoms with E-state index in [2.05, 4.69) is 16.0 Å². The van der Waals surface area contributed by atoms with Crippen LogP contribution in [0.3, 0.4) is 0 Å². The molecule has 3 amide bonds. The molecule has 0 aromatic heterocycles. The normalized spacial score (nSPS) is 15.1. The average molecular weight is 486 g/mol. The Morgan fingerprint density at radius 1 is 0.735 bits per heavy atom. The number of ether oxygens (including phenoxy) is 1. The van der Waals surface area contributed by atoms with E-state index < -0.39 is 42.0 Å². The zero-order chi connectivity index (χ0) is 26.6. The van der Waals surface area contributed by atoms with Gasteiger partial charge < -0.3 is 25.8 Å². The van der Waals surface area contributed by atoms with Crippen molar-refractivity contribution in [2.45, 2.75) is 106 Å². The lowest BCUT2D eigenvalue weighted by Crippen LogP contribution is -2.59. The molecule has 0 aromatic carbocycles. The lowest BCUT2D eigenvalue weighted by molar-refractivity contribution is -0.146. The molecule has 4 N–H and O–H groups in total. The molecule has 0 saturated heterocycles. The summed E-state index contributed by atoms with van der Waals surface area (Å²) < 4.78 is 4.91. The van der Waals surface area contributed by atoms with Crippen molar-refractivity contribution in [2.75, 3.05) is 6.61 Å². The van der Waals surface area contributed by atoms with Crippen molar-refractivity contribution in [1.29, 1.82) is 0 Å². The maximum absolute atomic E-state index is 13.1. The van der Waals surface area contributed by atoms with Crippen molar-refractivity contribution >= 4 is 23.7 Å². The second-order valence-corrected chi connectivity index (χ2v) is 10.4. The van der Waals surface area contributed by atoms with Gasteiger partial charge in [-0.2, -0.15) is 0 Å². The fraction of sp³-hybridized carbons (Fsp3) is 0.840. The number of nitrogens with one attached hydrogen (secondary N) is 3. The molecule has 0 unspecified atom stereocenters. The van der Waals surface area contributed by atoms with Crippen LogP contribution in [-0.4, -0.2) is 59.6 Å². The zero-order valence-electron chi connectivity index (χ0n) is 22.4. The Hall–Kier alpha value is -2.16. The van der Waals surface area contributed by atoms with Gasteiger partial charge in [0.2, 0.25) is 17.7 Å². The Kier molecular flexibility index (Phi) is 14.7. The quantitative estimate of drug-likeness (QED) is 0.263. The summed E-state index contributed by atoms with van der Waals surface area (Å²) in [6, 6.07) is -2.33. The predicted molar refractivity (Wildman–Crippen MR) is 132 cm³/mol. The van der Waals surface area contributed by atoms with Crippen LogP contribution in [-0.2, 0) is 23.9 Å². The van der Waals surface area contributed by atoms with Gasteiger partial charge >= 0.3 is 5.97 Å². The number of aliphatic hydroxyl groups excluding tert-OH is 1. The molecule has 0 fully saturated rings. The molecule has 0 radical (unpaired) electrons. The van der Waals surface area contributed by atoms with E-state index in [1.54, 1.807) is 20.8 Å². The number of esters is 1. The third kappa shape index (κ3) is 12.3. The summed E-state index contributed by atoms with van der Waals surface area (Å²) in [5, 5.41) is 19.0. The topological polar surface area (TPSA) is 134 Å². The Bertz CT molecular complexity index is 663. The van der Waals surface area contributed by atoms with Crippen LogP contribution >= 0.6 is 0 Å². The number of carbonyl (C=O) groups is 4. The van der Waals surface area contributed by atoms with Gasteiger partial charge in [-0.3, -0.25) is 19.2 Å². The SMILES string of the molecule is CCOC(=O)C[C@@H](O)[C@@H](CC(C)C)NC(=O)[C@H](NC(=O)[C@H](NC(=O)CC(C)C)C(C)C)C(C)C. The van der Waals surface area contributed by atoms with Gasteiger partial charge in [-0.05, 0) is 37.0 Å². The number of rotatable bonds is 15. The molecular formula is C25H47N3O6. The second kappa shape index (κ2) is 15.7. The summed E-state index contributed by atoms with van der Waals surface area (Å²) in [7, 11) is 0. The molecular weight excluding hydrogens is 438 g/mol. The van der Waals surface area contributed by atoms with Gasteiger partial charge in [0.25, 0.3) is 0 Å². The Morgan fingerprint density at radius 3 is 1.68 bits per heavy atom. The zero-order valence-corrected chi connectivity index (χ0v) is 22.4. The monoisotopic (exact) mass is 485 g/mol. The van der Waals surface area contributed by atoms with Gasteiger partial charge in [0.05, 0.1) is 25.2 Å². The van der Waals surface area contributed by atoms with Gasteiger partial charge in [0.1, 0.15) is 12.1 Å². The van der Waals surface area contributed by atoms with E-state index in [1.807, 2.05) is 41.5 Å². The van der Waals surface area contributed by atoms with E-state index >= 15 is 0 Å². The molecule has 0 spiro atoms. The molecule has 34 heavy (non-hydrogen) atoms. The first-order valence-electron chi connectivity index (χ1n) is 12.4. The molecule has 9 nitrogen and oxygen atoms in total. The first kappa shape index (κ1) is 31.8. The van der Waals surface area contributed by atoms with E-state index in [4.69, 9.17) is 4.74 Å². The van der Waals surface area contributed by atoms with E-state index in [9.17, 15) is 24.3 Å². The van der Waals surface area contributed by atoms with Crippen molar-refractivity contribution < 1.29 is 29.0 Å². The van der Waals surface area contributed by atoms with Crippen LogP contribution in [0.15, 0.2) is 0 Å². The molecule has 0 aliphatic carbocycles. The summed E-state index contributed by atoms with van der Waals surface area (Å²) in [6.07, 6.45) is -0.598. The maximum atomic E-state index is 13.1. The van der Waals surface area contributed by atoms with E-state index in [-0.39, 0.29) is 42.6 Å². The molecule has 0 heterocycles. The maximum Gasteiger partial charge on any atom is 0.308 e. The lowest BCUT2D eigenvalue weighted by atomic mass is 9.95. The highest BCUT2D eigenvalue weighted by Gasteiger charge is 2.33. The molecule has 9 heteroatoms. The minimum Gasteiger partial charge on any atom is -0.466 e. The van der Waals surface area contributed by atoms with Gasteiger partial charge in [0, 0.05) is 6.42 Å². The van der Waals surface area contributed by atoms with Crippen LogP contribution < -0.4 is 16.0 Å². The molecule has 0 rings (SSSR count). The second-order valence-electron chi connectivity index (χ2n) is 10.4. The molecule has 0 bridgehead atoms. The van der Waals surface area contributed by atoms with Crippen molar-refractivity contribution in [1.82, 2.24) is 16.0 Å². The highest BCUT2D eigenvalue weighted by atomic mass is 16.5. The largest absolute Gasteiger partial charge is 0.466 e. The highest BCUT2D eigenvalue weighted by molar-refractivity contribution is 5.92. The number of hydrogen-bond donors (Lipinski definition) is 4. The molecule has 0 aliphatic rings. The molecule has 4 atom stereocenters. The van der Waals surface area contributed by atoms with Crippen LogP contribution in [0.25, 0.3) is 0 Å². The highest BCUT2D eigenvalue weighted by Crippen LogP contribution is 2.14. The third-order valence-corrected chi connectivity index (χ3v) is 5.30. The molecule has 0 saturated carbocycles. The summed E-state index contributed by atoms with van der Waals surface area (Å²) in [5.74, 6) is -1.75. The lowest BCUT2D eigenvalue weighted by Gasteiger charge is -2.30. The summed E-state index contributed by atoms with van der Waals surface area (Å²) in [4.78, 5) is 50.2. The molecule has 0 aliphatic heterocycles. The van der Waals surface area contributed by atoms with Crippen LogP contribution in [0.1, 0.15) is 81.6 Å². The van der Waals surface area contributed by atoms with Crippen LogP contribution in [0.4, 0.5) is 0 Å². The summed E-state index contributed by atoms with van der Waals surface area (Å²) in [6.45, 7) is 16.9.